The molecule has 1 nitrogen and oxygen atoms in total. The van der Waals surface area contributed by atoms with Gasteiger partial charge >= 0.3 is 0 Å². The summed E-state index contributed by atoms with van der Waals surface area (Å²) >= 11 is 3.15. The van der Waals surface area contributed by atoms with Crippen LogP contribution in [0.1, 0.15) is 19.4 Å². The molecule has 0 amide bonds. The van der Waals surface area contributed by atoms with Crippen molar-refractivity contribution in [3.8, 4) is 0 Å². The molecule has 0 radical (unpaired) electrons. The molecule has 13 heavy (non-hydrogen) atoms. The number of hydrogen-bond acceptors (Lipinski definition) is 1. The highest BCUT2D eigenvalue weighted by Gasteiger charge is 2.16. The van der Waals surface area contributed by atoms with Crippen LogP contribution in [0.4, 0.5) is 4.39 Å². The number of halogens is 2. The Labute approximate surface area is 85.7 Å². The Bertz CT molecular complexity index is 304. The Balaban J connectivity index is 2.96. The first-order valence-corrected chi connectivity index (χ1v) is 4.85. The van der Waals surface area contributed by atoms with Crippen LogP contribution in [0.15, 0.2) is 22.7 Å². The highest BCUT2D eigenvalue weighted by atomic mass is 79.9. The van der Waals surface area contributed by atoms with Gasteiger partial charge < -0.3 is 5.11 Å². The summed E-state index contributed by atoms with van der Waals surface area (Å²) in [5, 5.41) is 9.54. The lowest BCUT2D eigenvalue weighted by Gasteiger charge is -2.17. The molecule has 1 aromatic carbocycles. The zero-order chi connectivity index (χ0) is 10.1. The Morgan fingerprint density at radius 2 is 2.08 bits per heavy atom. The maximum atomic E-state index is 13.0. The molecule has 0 aliphatic carbocycles. The second-order valence-electron chi connectivity index (χ2n) is 3.70. The van der Waals surface area contributed by atoms with Gasteiger partial charge in [-0.1, -0.05) is 12.1 Å². The van der Waals surface area contributed by atoms with Crippen LogP contribution >= 0.6 is 15.9 Å². The third kappa shape index (κ3) is 3.08. The Kier molecular flexibility index (Phi) is 3.09. The van der Waals surface area contributed by atoms with Crippen LogP contribution in [0.3, 0.4) is 0 Å². The van der Waals surface area contributed by atoms with Gasteiger partial charge in [-0.25, -0.2) is 4.39 Å². The van der Waals surface area contributed by atoms with Gasteiger partial charge in [0.15, 0.2) is 0 Å². The summed E-state index contributed by atoms with van der Waals surface area (Å²) in [6.45, 7) is 3.40. The van der Waals surface area contributed by atoms with E-state index in [1.165, 1.54) is 6.07 Å². The van der Waals surface area contributed by atoms with Crippen molar-refractivity contribution in [1.29, 1.82) is 0 Å². The zero-order valence-corrected chi connectivity index (χ0v) is 9.23. The van der Waals surface area contributed by atoms with Gasteiger partial charge in [0.05, 0.1) is 10.1 Å². The molecule has 0 atom stereocenters. The summed E-state index contributed by atoms with van der Waals surface area (Å²) in [7, 11) is 0. The number of hydrogen-bond donors (Lipinski definition) is 1. The SMILES string of the molecule is CC(C)(O)Cc1cccc(F)c1Br. The predicted molar refractivity (Wildman–Crippen MR) is 54.1 cm³/mol. The molecule has 3 heteroatoms. The molecule has 0 fully saturated rings. The summed E-state index contributed by atoms with van der Waals surface area (Å²) in [6.07, 6.45) is 0.436. The second-order valence-corrected chi connectivity index (χ2v) is 4.50. The van der Waals surface area contributed by atoms with Crippen molar-refractivity contribution in [2.45, 2.75) is 25.9 Å². The fourth-order valence-electron chi connectivity index (χ4n) is 1.15. The maximum absolute atomic E-state index is 13.0. The fraction of sp³-hybridized carbons (Fsp3) is 0.400. The largest absolute Gasteiger partial charge is 0.390 e. The van der Waals surface area contributed by atoms with Crippen molar-refractivity contribution in [3.05, 3.63) is 34.1 Å². The smallest absolute Gasteiger partial charge is 0.137 e. The second kappa shape index (κ2) is 3.76. The van der Waals surface area contributed by atoms with Crippen molar-refractivity contribution >= 4 is 15.9 Å². The Morgan fingerprint density at radius 3 is 2.62 bits per heavy atom. The molecule has 0 saturated heterocycles. The van der Waals surface area contributed by atoms with Crippen LogP contribution in [-0.2, 0) is 6.42 Å². The third-order valence-corrected chi connectivity index (χ3v) is 2.54. The molecular weight excluding hydrogens is 235 g/mol. The quantitative estimate of drug-likeness (QED) is 0.851. The minimum absolute atomic E-state index is 0.290. The van der Waals surface area contributed by atoms with Crippen molar-refractivity contribution in [2.75, 3.05) is 0 Å². The summed E-state index contributed by atoms with van der Waals surface area (Å²) in [4.78, 5) is 0. The van der Waals surface area contributed by atoms with E-state index in [2.05, 4.69) is 15.9 Å². The molecule has 0 saturated carbocycles. The van der Waals surface area contributed by atoms with Crippen LogP contribution in [0, 0.1) is 5.82 Å². The molecule has 0 aromatic heterocycles. The van der Waals surface area contributed by atoms with Crippen molar-refractivity contribution < 1.29 is 9.50 Å². The summed E-state index contributed by atoms with van der Waals surface area (Å²) in [5.41, 5.74) is -0.0245. The zero-order valence-electron chi connectivity index (χ0n) is 7.64. The lowest BCUT2D eigenvalue weighted by molar-refractivity contribution is 0.0807. The van der Waals surface area contributed by atoms with Gasteiger partial charge in [0, 0.05) is 6.42 Å². The van der Waals surface area contributed by atoms with E-state index in [1.54, 1.807) is 26.0 Å². The number of rotatable bonds is 2. The van der Waals surface area contributed by atoms with Gasteiger partial charge in [0.25, 0.3) is 0 Å². The van der Waals surface area contributed by atoms with E-state index in [9.17, 15) is 9.50 Å². The van der Waals surface area contributed by atoms with Gasteiger partial charge in [0.2, 0.25) is 0 Å². The van der Waals surface area contributed by atoms with Crippen LogP contribution in [0.25, 0.3) is 0 Å². The Hall–Kier alpha value is -0.410. The molecule has 0 unspecified atom stereocenters. The van der Waals surface area contributed by atoms with Crippen molar-refractivity contribution in [3.63, 3.8) is 0 Å². The molecule has 0 heterocycles. The minimum Gasteiger partial charge on any atom is -0.390 e. The van der Waals surface area contributed by atoms with Crippen LogP contribution < -0.4 is 0 Å². The Morgan fingerprint density at radius 1 is 1.46 bits per heavy atom. The molecule has 0 aliphatic heterocycles. The van der Waals surface area contributed by atoms with Crippen LogP contribution in [0.2, 0.25) is 0 Å². The highest BCUT2D eigenvalue weighted by molar-refractivity contribution is 9.10. The maximum Gasteiger partial charge on any atom is 0.137 e. The van der Waals surface area contributed by atoms with Gasteiger partial charge in [-0.2, -0.15) is 0 Å². The normalized spacial score (nSPS) is 11.8. The first-order chi connectivity index (χ1) is 5.90. The average molecular weight is 247 g/mol. The van der Waals surface area contributed by atoms with E-state index in [0.29, 0.717) is 10.9 Å². The number of aliphatic hydroxyl groups is 1. The molecule has 72 valence electrons. The molecule has 1 rings (SSSR count). The van der Waals surface area contributed by atoms with Gasteiger partial charge in [-0.3, -0.25) is 0 Å². The lowest BCUT2D eigenvalue weighted by Crippen LogP contribution is -2.22. The predicted octanol–water partition coefficient (Wildman–Crippen LogP) is 2.90. The first-order valence-electron chi connectivity index (χ1n) is 4.05. The highest BCUT2D eigenvalue weighted by Crippen LogP contribution is 2.23. The van der Waals surface area contributed by atoms with Gasteiger partial charge in [-0.15, -0.1) is 0 Å². The monoisotopic (exact) mass is 246 g/mol. The third-order valence-electron chi connectivity index (χ3n) is 1.65. The van der Waals surface area contributed by atoms with Gasteiger partial charge in [0.1, 0.15) is 5.82 Å². The van der Waals surface area contributed by atoms with Crippen molar-refractivity contribution in [2.24, 2.45) is 0 Å². The van der Waals surface area contributed by atoms with E-state index in [0.717, 1.165) is 5.56 Å². The number of benzene rings is 1. The van der Waals surface area contributed by atoms with Gasteiger partial charge in [-0.05, 0) is 41.4 Å². The van der Waals surface area contributed by atoms with Crippen LogP contribution in [0.5, 0.6) is 0 Å². The first kappa shape index (κ1) is 10.7. The summed E-state index contributed by atoms with van der Waals surface area (Å²) in [6, 6.07) is 4.82. The summed E-state index contributed by atoms with van der Waals surface area (Å²) in [5.74, 6) is -0.290. The molecule has 1 N–H and O–H groups in total. The lowest BCUT2D eigenvalue weighted by atomic mass is 9.99. The van der Waals surface area contributed by atoms with E-state index in [4.69, 9.17) is 0 Å². The van der Waals surface area contributed by atoms with E-state index < -0.39 is 5.60 Å². The molecule has 1 aromatic rings. The molecule has 0 bridgehead atoms. The van der Waals surface area contributed by atoms with Crippen molar-refractivity contribution in [1.82, 2.24) is 0 Å². The molecule has 0 aliphatic rings. The summed E-state index contributed by atoms with van der Waals surface area (Å²) < 4.78 is 13.5. The topological polar surface area (TPSA) is 20.2 Å². The van der Waals surface area contributed by atoms with E-state index >= 15 is 0 Å². The molecule has 0 spiro atoms. The van der Waals surface area contributed by atoms with Crippen LogP contribution in [-0.4, -0.2) is 10.7 Å². The minimum atomic E-state index is -0.809. The fourth-order valence-corrected chi connectivity index (χ4v) is 1.56. The molecular formula is C10H12BrFO. The van der Waals surface area contributed by atoms with E-state index in [1.807, 2.05) is 0 Å². The van der Waals surface area contributed by atoms with E-state index in [-0.39, 0.29) is 5.82 Å². The standard InChI is InChI=1S/C10H12BrFO/c1-10(2,13)6-7-4-3-5-8(12)9(7)11/h3-5,13H,6H2,1-2H3. The average Bonchev–Trinajstić information content (AvgIpc) is 1.96.